The lowest BCUT2D eigenvalue weighted by molar-refractivity contribution is 0.254. The molecule has 0 aromatic heterocycles. The monoisotopic (exact) mass is 337 g/mol. The van der Waals surface area contributed by atoms with Gasteiger partial charge in [-0.3, -0.25) is 0 Å². The van der Waals surface area contributed by atoms with Crippen LogP contribution >= 0.6 is 11.8 Å². The van der Waals surface area contributed by atoms with Gasteiger partial charge in [0.15, 0.2) is 0 Å². The van der Waals surface area contributed by atoms with Gasteiger partial charge in [-0.2, -0.15) is 24.5 Å². The van der Waals surface area contributed by atoms with Crippen LogP contribution in [0.15, 0.2) is 0 Å². The number of rotatable bonds is 8. The summed E-state index contributed by atoms with van der Waals surface area (Å²) in [7, 11) is -3.36. The molecule has 5 nitrogen and oxygen atoms in total. The van der Waals surface area contributed by atoms with Gasteiger partial charge in [-0.25, -0.2) is 4.72 Å². The molecule has 2 N–H and O–H groups in total. The Morgan fingerprint density at radius 3 is 2.62 bits per heavy atom. The predicted octanol–water partition coefficient (Wildman–Crippen LogP) is 1.67. The van der Waals surface area contributed by atoms with Crippen LogP contribution in [0, 0.1) is 5.92 Å². The zero-order valence-corrected chi connectivity index (χ0v) is 15.6. The predicted molar refractivity (Wildman–Crippen MR) is 92.0 cm³/mol. The maximum absolute atomic E-state index is 12.4. The van der Waals surface area contributed by atoms with E-state index in [2.05, 4.69) is 23.9 Å². The molecule has 1 aliphatic rings. The third kappa shape index (κ3) is 6.86. The van der Waals surface area contributed by atoms with Gasteiger partial charge in [0.05, 0.1) is 0 Å². The van der Waals surface area contributed by atoms with Crippen molar-refractivity contribution >= 4 is 22.0 Å². The highest BCUT2D eigenvalue weighted by molar-refractivity contribution is 8.00. The Hall–Kier alpha value is 0.180. The molecule has 1 unspecified atom stereocenters. The van der Waals surface area contributed by atoms with Gasteiger partial charge in [-0.05, 0) is 45.4 Å². The first-order valence-corrected chi connectivity index (χ1v) is 10.4. The van der Waals surface area contributed by atoms with E-state index in [1.54, 1.807) is 16.1 Å². The Morgan fingerprint density at radius 1 is 1.38 bits per heavy atom. The topological polar surface area (TPSA) is 61.4 Å². The molecular weight excluding hydrogens is 306 g/mol. The summed E-state index contributed by atoms with van der Waals surface area (Å²) in [5.74, 6) is 0.409. The van der Waals surface area contributed by atoms with Crippen molar-refractivity contribution in [2.45, 2.75) is 51.3 Å². The van der Waals surface area contributed by atoms with Crippen molar-refractivity contribution < 1.29 is 8.42 Å². The van der Waals surface area contributed by atoms with Gasteiger partial charge in [-0.1, -0.05) is 13.8 Å². The summed E-state index contributed by atoms with van der Waals surface area (Å²) in [4.78, 5) is 0. The van der Waals surface area contributed by atoms with Crippen LogP contribution in [-0.2, 0) is 10.2 Å². The summed E-state index contributed by atoms with van der Waals surface area (Å²) < 4.78 is 29.1. The summed E-state index contributed by atoms with van der Waals surface area (Å²) in [5.41, 5.74) is 0. The van der Waals surface area contributed by atoms with Gasteiger partial charge < -0.3 is 5.32 Å². The molecule has 0 spiro atoms. The summed E-state index contributed by atoms with van der Waals surface area (Å²) in [5, 5.41) is 3.41. The van der Waals surface area contributed by atoms with Crippen LogP contribution in [0.2, 0.25) is 0 Å². The molecule has 0 bridgehead atoms. The normalized spacial score (nSPS) is 21.9. The number of hydrogen-bond donors (Lipinski definition) is 2. The van der Waals surface area contributed by atoms with E-state index < -0.39 is 10.2 Å². The Kier molecular flexibility index (Phi) is 7.46. The average Bonchev–Trinajstić information content (AvgIpc) is 2.44. The lowest BCUT2D eigenvalue weighted by Crippen LogP contribution is -2.50. The first-order chi connectivity index (χ1) is 9.66. The second-order valence-electron chi connectivity index (χ2n) is 6.72. The first-order valence-electron chi connectivity index (χ1n) is 7.69. The van der Waals surface area contributed by atoms with Gasteiger partial charge in [0.1, 0.15) is 0 Å². The van der Waals surface area contributed by atoms with E-state index in [0.717, 1.165) is 19.4 Å². The van der Waals surface area contributed by atoms with E-state index in [-0.39, 0.29) is 4.75 Å². The third-order valence-corrected chi connectivity index (χ3v) is 6.64. The van der Waals surface area contributed by atoms with Gasteiger partial charge >= 0.3 is 0 Å². The minimum atomic E-state index is -3.36. The fourth-order valence-electron chi connectivity index (χ4n) is 2.24. The second-order valence-corrected chi connectivity index (χ2v) is 9.99. The van der Waals surface area contributed by atoms with E-state index in [1.165, 1.54) is 0 Å². The van der Waals surface area contributed by atoms with Gasteiger partial charge in [0.2, 0.25) is 0 Å². The van der Waals surface area contributed by atoms with E-state index in [4.69, 9.17) is 0 Å². The lowest BCUT2D eigenvalue weighted by Gasteiger charge is -2.33. The summed E-state index contributed by atoms with van der Waals surface area (Å²) >= 11 is 1.67. The van der Waals surface area contributed by atoms with E-state index >= 15 is 0 Å². The Balaban J connectivity index is 2.54. The molecule has 1 atom stereocenters. The molecule has 1 saturated heterocycles. The minimum absolute atomic E-state index is 0.0819. The summed E-state index contributed by atoms with van der Waals surface area (Å²) in [6.07, 6.45) is 4.04. The molecule has 1 heterocycles. The van der Waals surface area contributed by atoms with Gasteiger partial charge in [-0.15, -0.1) is 0 Å². The Labute approximate surface area is 134 Å². The Morgan fingerprint density at radius 2 is 2.05 bits per heavy atom. The number of nitrogens with zero attached hydrogens (tertiary/aromatic N) is 1. The van der Waals surface area contributed by atoms with Crippen LogP contribution < -0.4 is 10.0 Å². The van der Waals surface area contributed by atoms with Gasteiger partial charge in [0, 0.05) is 30.4 Å². The molecule has 1 fully saturated rings. The molecular formula is C14H31N3O2S2. The molecule has 21 heavy (non-hydrogen) atoms. The van der Waals surface area contributed by atoms with Crippen LogP contribution in [0.3, 0.4) is 0 Å². The molecule has 1 aliphatic heterocycles. The molecule has 1 rings (SSSR count). The van der Waals surface area contributed by atoms with Crippen LogP contribution in [-0.4, -0.2) is 55.9 Å². The van der Waals surface area contributed by atoms with Gasteiger partial charge in [0.25, 0.3) is 10.2 Å². The zero-order chi connectivity index (χ0) is 16.1. The highest BCUT2D eigenvalue weighted by atomic mass is 32.2. The standard InChI is InChI=1S/C14H31N3O2S2/c1-12(2)15-9-13-7-6-8-17(10-13)21(18,19)16-11-14(3,4)20-5/h12-13,15-16H,6-11H2,1-5H3. The lowest BCUT2D eigenvalue weighted by atomic mass is 9.99. The van der Waals surface area contributed by atoms with E-state index in [0.29, 0.717) is 31.6 Å². The van der Waals surface area contributed by atoms with Crippen LogP contribution in [0.4, 0.5) is 0 Å². The SMILES string of the molecule is CSC(C)(C)CNS(=O)(=O)N1CCCC(CNC(C)C)C1. The highest BCUT2D eigenvalue weighted by Crippen LogP contribution is 2.22. The van der Waals surface area contributed by atoms with Crippen molar-refractivity contribution in [3.63, 3.8) is 0 Å². The maximum Gasteiger partial charge on any atom is 0.279 e. The molecule has 0 amide bonds. The van der Waals surface area contributed by atoms with Crippen LogP contribution in [0.1, 0.15) is 40.5 Å². The summed E-state index contributed by atoms with van der Waals surface area (Å²) in [6, 6.07) is 0.442. The average molecular weight is 338 g/mol. The third-order valence-electron chi connectivity index (χ3n) is 3.87. The minimum Gasteiger partial charge on any atom is -0.314 e. The number of thioether (sulfide) groups is 1. The smallest absolute Gasteiger partial charge is 0.279 e. The molecule has 126 valence electrons. The van der Waals surface area contributed by atoms with Crippen molar-refractivity contribution in [1.82, 2.24) is 14.3 Å². The van der Waals surface area contributed by atoms with Crippen molar-refractivity contribution in [3.8, 4) is 0 Å². The second kappa shape index (κ2) is 8.15. The number of nitrogens with one attached hydrogen (secondary N) is 2. The number of hydrogen-bond acceptors (Lipinski definition) is 4. The van der Waals surface area contributed by atoms with Crippen molar-refractivity contribution in [3.05, 3.63) is 0 Å². The molecule has 0 saturated carbocycles. The highest BCUT2D eigenvalue weighted by Gasteiger charge is 2.30. The van der Waals surface area contributed by atoms with Crippen molar-refractivity contribution in [2.75, 3.05) is 32.4 Å². The largest absolute Gasteiger partial charge is 0.314 e. The Bertz CT molecular complexity index is 410. The fourth-order valence-corrected chi connectivity index (χ4v) is 4.05. The van der Waals surface area contributed by atoms with Crippen LogP contribution in [0.5, 0.6) is 0 Å². The maximum atomic E-state index is 12.4. The molecule has 0 aromatic rings. The van der Waals surface area contributed by atoms with Crippen molar-refractivity contribution in [2.24, 2.45) is 5.92 Å². The quantitative estimate of drug-likeness (QED) is 0.707. The van der Waals surface area contributed by atoms with Crippen molar-refractivity contribution in [1.29, 1.82) is 0 Å². The van der Waals surface area contributed by atoms with Crippen LogP contribution in [0.25, 0.3) is 0 Å². The van der Waals surface area contributed by atoms with E-state index in [9.17, 15) is 8.42 Å². The molecule has 0 radical (unpaired) electrons. The molecule has 7 heteroatoms. The number of piperidine rings is 1. The summed E-state index contributed by atoms with van der Waals surface area (Å²) in [6.45, 7) is 10.9. The fraction of sp³-hybridized carbons (Fsp3) is 1.00. The zero-order valence-electron chi connectivity index (χ0n) is 14.0. The molecule has 0 aromatic carbocycles. The van der Waals surface area contributed by atoms with E-state index in [1.807, 2.05) is 20.1 Å². The molecule has 0 aliphatic carbocycles. The first kappa shape index (κ1) is 19.2.